The first-order chi connectivity index (χ1) is 10.6. The highest BCUT2D eigenvalue weighted by molar-refractivity contribution is 5.96. The van der Waals surface area contributed by atoms with Gasteiger partial charge in [-0.1, -0.05) is 0 Å². The lowest BCUT2D eigenvalue weighted by molar-refractivity contribution is -0.138. The standard InChI is InChI=1S/C14H15F3N2O4/c1-8(6-12(21)22)19-11(20)7-18-13(23)9-2-4-10(5-3-9)14(15,16)17/h2-5,8H,6-7H2,1H3,(H,18,23)(H,19,20)(H,21,22). The van der Waals surface area contributed by atoms with Crippen molar-refractivity contribution < 1.29 is 32.7 Å². The molecule has 1 aromatic carbocycles. The Morgan fingerprint density at radius 2 is 1.74 bits per heavy atom. The molecule has 0 aliphatic rings. The maximum absolute atomic E-state index is 12.4. The first-order valence-electron chi connectivity index (χ1n) is 6.56. The molecule has 0 spiro atoms. The zero-order valence-corrected chi connectivity index (χ0v) is 12.1. The number of carbonyl (C=O) groups excluding carboxylic acids is 2. The summed E-state index contributed by atoms with van der Waals surface area (Å²) in [5, 5.41) is 13.1. The molecule has 1 unspecified atom stereocenters. The molecule has 1 rings (SSSR count). The van der Waals surface area contributed by atoms with Crippen molar-refractivity contribution in [1.82, 2.24) is 10.6 Å². The third-order valence-electron chi connectivity index (χ3n) is 2.77. The SMILES string of the molecule is CC(CC(=O)O)NC(=O)CNC(=O)c1ccc(C(F)(F)F)cc1. The van der Waals surface area contributed by atoms with Crippen LogP contribution < -0.4 is 10.6 Å². The van der Waals surface area contributed by atoms with Gasteiger partial charge in [-0.05, 0) is 31.2 Å². The molecule has 0 bridgehead atoms. The van der Waals surface area contributed by atoms with E-state index >= 15 is 0 Å². The fourth-order valence-electron chi connectivity index (χ4n) is 1.71. The largest absolute Gasteiger partial charge is 0.481 e. The Balaban J connectivity index is 2.50. The Kier molecular flexibility index (Phi) is 6.11. The van der Waals surface area contributed by atoms with E-state index in [-0.39, 0.29) is 12.0 Å². The molecule has 23 heavy (non-hydrogen) atoms. The second kappa shape index (κ2) is 7.61. The summed E-state index contributed by atoms with van der Waals surface area (Å²) in [6, 6.07) is 2.93. The Hall–Kier alpha value is -2.58. The van der Waals surface area contributed by atoms with Crippen LogP contribution in [0.25, 0.3) is 0 Å². The second-order valence-electron chi connectivity index (χ2n) is 4.82. The molecule has 3 N–H and O–H groups in total. The average Bonchev–Trinajstić information content (AvgIpc) is 2.43. The summed E-state index contributed by atoms with van der Waals surface area (Å²) in [5.74, 6) is -2.38. The van der Waals surface area contributed by atoms with Crippen LogP contribution >= 0.6 is 0 Å². The number of hydrogen-bond donors (Lipinski definition) is 3. The van der Waals surface area contributed by atoms with Crippen LogP contribution in [0.1, 0.15) is 29.3 Å². The van der Waals surface area contributed by atoms with Crippen LogP contribution in [0.2, 0.25) is 0 Å². The number of aliphatic carboxylic acids is 1. The zero-order valence-electron chi connectivity index (χ0n) is 12.1. The lowest BCUT2D eigenvalue weighted by Crippen LogP contribution is -2.41. The van der Waals surface area contributed by atoms with Crippen molar-refractivity contribution in [3.63, 3.8) is 0 Å². The lowest BCUT2D eigenvalue weighted by Gasteiger charge is -2.12. The van der Waals surface area contributed by atoms with E-state index in [0.29, 0.717) is 0 Å². The van der Waals surface area contributed by atoms with E-state index in [4.69, 9.17) is 5.11 Å². The summed E-state index contributed by atoms with van der Waals surface area (Å²) in [6.45, 7) is 1.08. The first-order valence-corrected chi connectivity index (χ1v) is 6.56. The predicted molar refractivity (Wildman–Crippen MR) is 73.6 cm³/mol. The molecule has 0 aliphatic heterocycles. The van der Waals surface area contributed by atoms with Crippen molar-refractivity contribution in [2.75, 3.05) is 6.54 Å². The minimum absolute atomic E-state index is 0.0237. The third kappa shape index (κ3) is 6.37. The molecule has 9 heteroatoms. The highest BCUT2D eigenvalue weighted by atomic mass is 19.4. The van der Waals surface area contributed by atoms with Crippen LogP contribution in [0.15, 0.2) is 24.3 Å². The Bertz CT molecular complexity index is 585. The number of alkyl halides is 3. The average molecular weight is 332 g/mol. The van der Waals surface area contributed by atoms with Gasteiger partial charge < -0.3 is 15.7 Å². The molecule has 0 fully saturated rings. The van der Waals surface area contributed by atoms with Gasteiger partial charge in [0.25, 0.3) is 5.91 Å². The lowest BCUT2D eigenvalue weighted by atomic mass is 10.1. The van der Waals surface area contributed by atoms with Crippen molar-refractivity contribution in [3.05, 3.63) is 35.4 Å². The summed E-state index contributed by atoms with van der Waals surface area (Å²) in [6.07, 6.45) is -4.76. The number of amides is 2. The molecule has 0 radical (unpaired) electrons. The molecule has 6 nitrogen and oxygen atoms in total. The quantitative estimate of drug-likeness (QED) is 0.734. The Morgan fingerprint density at radius 1 is 1.17 bits per heavy atom. The molecule has 2 amide bonds. The molecule has 0 heterocycles. The topological polar surface area (TPSA) is 95.5 Å². The number of carboxylic acid groups (broad SMARTS) is 1. The maximum Gasteiger partial charge on any atom is 0.416 e. The van der Waals surface area contributed by atoms with Crippen molar-refractivity contribution in [2.24, 2.45) is 0 Å². The van der Waals surface area contributed by atoms with E-state index in [1.165, 1.54) is 6.92 Å². The Labute approximate surface area is 129 Å². The predicted octanol–water partition coefficient (Wildman–Crippen LogP) is 1.41. The van der Waals surface area contributed by atoms with Gasteiger partial charge in [-0.25, -0.2) is 0 Å². The normalized spacial score (nSPS) is 12.3. The fourth-order valence-corrected chi connectivity index (χ4v) is 1.71. The van der Waals surface area contributed by atoms with Crippen molar-refractivity contribution in [1.29, 1.82) is 0 Å². The number of halogens is 3. The Morgan fingerprint density at radius 3 is 2.22 bits per heavy atom. The molecule has 0 saturated carbocycles. The minimum Gasteiger partial charge on any atom is -0.481 e. The van der Waals surface area contributed by atoms with Gasteiger partial charge in [-0.2, -0.15) is 13.2 Å². The summed E-state index contributed by atoms with van der Waals surface area (Å²) in [7, 11) is 0. The summed E-state index contributed by atoms with van der Waals surface area (Å²) in [5.41, 5.74) is -0.904. The van der Waals surface area contributed by atoms with Crippen LogP contribution in [0.5, 0.6) is 0 Å². The first kappa shape index (κ1) is 18.5. The van der Waals surface area contributed by atoms with E-state index in [0.717, 1.165) is 24.3 Å². The zero-order chi connectivity index (χ0) is 17.6. The van der Waals surface area contributed by atoms with Crippen molar-refractivity contribution in [2.45, 2.75) is 25.6 Å². The number of benzene rings is 1. The number of carboxylic acids is 1. The molecular weight excluding hydrogens is 317 g/mol. The molecule has 1 aromatic rings. The minimum atomic E-state index is -4.49. The van der Waals surface area contributed by atoms with E-state index in [2.05, 4.69) is 10.6 Å². The number of hydrogen-bond acceptors (Lipinski definition) is 3. The van der Waals surface area contributed by atoms with E-state index < -0.39 is 42.1 Å². The van der Waals surface area contributed by atoms with Gasteiger partial charge in [0.05, 0.1) is 18.5 Å². The third-order valence-corrected chi connectivity index (χ3v) is 2.77. The van der Waals surface area contributed by atoms with E-state index in [1.54, 1.807) is 0 Å². The van der Waals surface area contributed by atoms with Gasteiger partial charge in [0.2, 0.25) is 5.91 Å². The fraction of sp³-hybridized carbons (Fsp3) is 0.357. The number of nitrogens with one attached hydrogen (secondary N) is 2. The van der Waals surface area contributed by atoms with Gasteiger partial charge >= 0.3 is 12.1 Å². The van der Waals surface area contributed by atoms with Crippen LogP contribution in [0.4, 0.5) is 13.2 Å². The van der Waals surface area contributed by atoms with E-state index in [9.17, 15) is 27.6 Å². The van der Waals surface area contributed by atoms with Crippen LogP contribution in [0, 0.1) is 0 Å². The summed E-state index contributed by atoms with van der Waals surface area (Å²) >= 11 is 0. The molecule has 0 saturated heterocycles. The maximum atomic E-state index is 12.4. The van der Waals surface area contributed by atoms with E-state index in [1.807, 2.05) is 0 Å². The number of rotatable bonds is 6. The van der Waals surface area contributed by atoms with Gasteiger partial charge in [0.15, 0.2) is 0 Å². The van der Waals surface area contributed by atoms with Crippen LogP contribution in [-0.2, 0) is 15.8 Å². The van der Waals surface area contributed by atoms with Crippen molar-refractivity contribution >= 4 is 17.8 Å². The highest BCUT2D eigenvalue weighted by Gasteiger charge is 2.30. The van der Waals surface area contributed by atoms with Gasteiger partial charge in [-0.15, -0.1) is 0 Å². The van der Waals surface area contributed by atoms with Crippen molar-refractivity contribution in [3.8, 4) is 0 Å². The monoisotopic (exact) mass is 332 g/mol. The van der Waals surface area contributed by atoms with Gasteiger partial charge in [0.1, 0.15) is 0 Å². The summed E-state index contributed by atoms with van der Waals surface area (Å²) in [4.78, 5) is 33.6. The smallest absolute Gasteiger partial charge is 0.416 e. The van der Waals surface area contributed by atoms with Crippen LogP contribution in [0.3, 0.4) is 0 Å². The summed E-state index contributed by atoms with van der Waals surface area (Å²) < 4.78 is 37.2. The molecule has 0 aromatic heterocycles. The van der Waals surface area contributed by atoms with Gasteiger partial charge in [0, 0.05) is 11.6 Å². The van der Waals surface area contributed by atoms with Gasteiger partial charge in [-0.3, -0.25) is 14.4 Å². The molecule has 126 valence electrons. The number of carbonyl (C=O) groups is 3. The molecular formula is C14H15F3N2O4. The molecule has 0 aliphatic carbocycles. The second-order valence-corrected chi connectivity index (χ2v) is 4.82. The molecule has 1 atom stereocenters. The highest BCUT2D eigenvalue weighted by Crippen LogP contribution is 2.28. The van der Waals surface area contributed by atoms with Crippen LogP contribution in [-0.4, -0.2) is 35.5 Å².